The zero-order valence-corrected chi connectivity index (χ0v) is 10.6. The summed E-state index contributed by atoms with van der Waals surface area (Å²) >= 11 is 0. The fourth-order valence-electron chi connectivity index (χ4n) is 1.43. The van der Waals surface area contributed by atoms with Gasteiger partial charge in [0.25, 0.3) is 11.2 Å². The lowest BCUT2D eigenvalue weighted by Crippen LogP contribution is -2.36. The fourth-order valence-corrected chi connectivity index (χ4v) is 1.43. The monoisotopic (exact) mass is 268 g/mol. The summed E-state index contributed by atoms with van der Waals surface area (Å²) in [6.45, 7) is 3.60. The van der Waals surface area contributed by atoms with Crippen LogP contribution in [0, 0.1) is 10.1 Å². The highest BCUT2D eigenvalue weighted by Gasteiger charge is 2.10. The second-order valence-electron chi connectivity index (χ2n) is 3.81. The number of nitrogens with zero attached hydrogens (tertiary/aromatic N) is 2. The highest BCUT2D eigenvalue weighted by atomic mass is 16.6. The summed E-state index contributed by atoms with van der Waals surface area (Å²) in [5, 5.41) is 16.2. The summed E-state index contributed by atoms with van der Waals surface area (Å²) in [5.74, 6) is -0.361. The van der Waals surface area contributed by atoms with Gasteiger partial charge in [-0.05, 0) is 6.54 Å². The van der Waals surface area contributed by atoms with Gasteiger partial charge in [0.05, 0.1) is 11.1 Å². The fraction of sp³-hybridized carbons (Fsp3) is 0.455. The molecule has 0 bridgehead atoms. The van der Waals surface area contributed by atoms with Gasteiger partial charge in [0.15, 0.2) is 0 Å². The minimum atomic E-state index is -0.612. The number of carbonyl (C=O) groups excluding carboxylic acids is 1. The minimum absolute atomic E-state index is 0.222. The van der Waals surface area contributed by atoms with E-state index in [2.05, 4.69) is 10.6 Å². The quantitative estimate of drug-likeness (QED) is 0.393. The standard InChI is InChI=1S/C11H16N4O4/c1-2-12-5-6-13-10(16)8-14-7-9(15(18)19)3-4-11(14)17/h3-4,7,12H,2,5-6,8H2,1H3,(H,13,16). The molecule has 0 aromatic carbocycles. The molecule has 1 aromatic rings. The van der Waals surface area contributed by atoms with Crippen molar-refractivity contribution in [2.75, 3.05) is 19.6 Å². The molecule has 2 N–H and O–H groups in total. The predicted molar refractivity (Wildman–Crippen MR) is 68.9 cm³/mol. The average Bonchev–Trinajstić information content (AvgIpc) is 2.37. The molecule has 0 spiro atoms. The molecule has 0 radical (unpaired) electrons. The van der Waals surface area contributed by atoms with Crippen LogP contribution in [0.5, 0.6) is 0 Å². The summed E-state index contributed by atoms with van der Waals surface area (Å²) in [7, 11) is 0. The maximum atomic E-state index is 11.5. The Hall–Kier alpha value is -2.22. The van der Waals surface area contributed by atoms with Crippen LogP contribution in [0.3, 0.4) is 0 Å². The first-order valence-electron chi connectivity index (χ1n) is 5.87. The molecule has 19 heavy (non-hydrogen) atoms. The second-order valence-corrected chi connectivity index (χ2v) is 3.81. The number of hydrogen-bond donors (Lipinski definition) is 2. The lowest BCUT2D eigenvalue weighted by molar-refractivity contribution is -0.385. The lowest BCUT2D eigenvalue weighted by Gasteiger charge is -2.07. The van der Waals surface area contributed by atoms with Crippen molar-refractivity contribution in [3.05, 3.63) is 38.8 Å². The largest absolute Gasteiger partial charge is 0.353 e. The van der Waals surface area contributed by atoms with Crippen molar-refractivity contribution in [1.29, 1.82) is 0 Å². The van der Waals surface area contributed by atoms with E-state index < -0.39 is 10.5 Å². The smallest absolute Gasteiger partial charge is 0.285 e. The second kappa shape index (κ2) is 7.27. The van der Waals surface area contributed by atoms with Crippen molar-refractivity contribution < 1.29 is 9.72 Å². The summed E-state index contributed by atoms with van der Waals surface area (Å²) in [5.41, 5.74) is -0.674. The summed E-state index contributed by atoms with van der Waals surface area (Å²) < 4.78 is 1.01. The first-order valence-corrected chi connectivity index (χ1v) is 5.87. The van der Waals surface area contributed by atoms with E-state index in [0.717, 1.165) is 29.4 Å². The normalized spacial score (nSPS) is 10.2. The molecule has 0 atom stereocenters. The van der Waals surface area contributed by atoms with Crippen molar-refractivity contribution in [2.24, 2.45) is 0 Å². The molecule has 0 saturated carbocycles. The zero-order valence-electron chi connectivity index (χ0n) is 10.6. The summed E-state index contributed by atoms with van der Waals surface area (Å²) in [4.78, 5) is 33.0. The topological polar surface area (TPSA) is 106 Å². The minimum Gasteiger partial charge on any atom is -0.353 e. The van der Waals surface area contributed by atoms with E-state index in [4.69, 9.17) is 0 Å². The third kappa shape index (κ3) is 4.88. The Bertz CT molecular complexity index is 512. The lowest BCUT2D eigenvalue weighted by atomic mass is 10.4. The molecule has 1 amide bonds. The van der Waals surface area contributed by atoms with E-state index >= 15 is 0 Å². The average molecular weight is 268 g/mol. The Kier molecular flexibility index (Phi) is 5.68. The number of rotatable bonds is 7. The van der Waals surface area contributed by atoms with Gasteiger partial charge in [-0.2, -0.15) is 0 Å². The predicted octanol–water partition coefficient (Wildman–Crippen LogP) is -0.518. The first kappa shape index (κ1) is 14.8. The molecule has 0 aliphatic carbocycles. The van der Waals surface area contributed by atoms with E-state index in [1.54, 1.807) is 0 Å². The number of aromatic nitrogens is 1. The summed E-state index contributed by atoms with van der Waals surface area (Å²) in [6.07, 6.45) is 1.06. The first-order chi connectivity index (χ1) is 9.04. The van der Waals surface area contributed by atoms with E-state index in [9.17, 15) is 19.7 Å². The molecule has 1 rings (SSSR count). The van der Waals surface area contributed by atoms with Crippen LogP contribution in [-0.2, 0) is 11.3 Å². The number of carbonyl (C=O) groups is 1. The Balaban J connectivity index is 2.61. The van der Waals surface area contributed by atoms with Gasteiger partial charge in [-0.1, -0.05) is 6.92 Å². The van der Waals surface area contributed by atoms with E-state index in [0.29, 0.717) is 13.1 Å². The Morgan fingerprint density at radius 2 is 2.16 bits per heavy atom. The molecule has 0 saturated heterocycles. The highest BCUT2D eigenvalue weighted by Crippen LogP contribution is 2.05. The summed E-state index contributed by atoms with van der Waals surface area (Å²) in [6, 6.07) is 2.19. The van der Waals surface area contributed by atoms with Gasteiger partial charge < -0.3 is 10.6 Å². The molecule has 0 fully saturated rings. The number of likely N-dealkylation sites (N-methyl/N-ethyl adjacent to an activating group) is 1. The molecular weight excluding hydrogens is 252 g/mol. The van der Waals surface area contributed by atoms with Crippen LogP contribution in [0.2, 0.25) is 0 Å². The van der Waals surface area contributed by atoms with Crippen LogP contribution in [-0.4, -0.2) is 35.0 Å². The van der Waals surface area contributed by atoms with Gasteiger partial charge in [0.2, 0.25) is 5.91 Å². The number of pyridine rings is 1. The third-order valence-corrected chi connectivity index (χ3v) is 2.37. The molecule has 1 heterocycles. The van der Waals surface area contributed by atoms with Crippen LogP contribution in [0.1, 0.15) is 6.92 Å². The van der Waals surface area contributed by atoms with Crippen molar-refractivity contribution in [3.8, 4) is 0 Å². The maximum Gasteiger partial charge on any atom is 0.285 e. The number of amides is 1. The van der Waals surface area contributed by atoms with Gasteiger partial charge in [0.1, 0.15) is 6.54 Å². The van der Waals surface area contributed by atoms with E-state index in [1.165, 1.54) is 0 Å². The number of hydrogen-bond acceptors (Lipinski definition) is 5. The zero-order chi connectivity index (χ0) is 14.3. The third-order valence-electron chi connectivity index (χ3n) is 2.37. The molecule has 8 nitrogen and oxygen atoms in total. The SMILES string of the molecule is CCNCCNC(=O)Cn1cc([N+](=O)[O-])ccc1=O. The molecule has 1 aromatic heterocycles. The molecule has 8 heteroatoms. The van der Waals surface area contributed by atoms with Gasteiger partial charge >= 0.3 is 0 Å². The maximum absolute atomic E-state index is 11.5. The van der Waals surface area contributed by atoms with Crippen LogP contribution in [0.25, 0.3) is 0 Å². The van der Waals surface area contributed by atoms with E-state index in [-0.39, 0.29) is 18.1 Å². The van der Waals surface area contributed by atoms with Crippen LogP contribution in [0.15, 0.2) is 23.1 Å². The van der Waals surface area contributed by atoms with Gasteiger partial charge in [-0.3, -0.25) is 24.3 Å². The number of nitrogens with one attached hydrogen (secondary N) is 2. The molecule has 0 unspecified atom stereocenters. The van der Waals surface area contributed by atoms with Crippen LogP contribution in [0.4, 0.5) is 5.69 Å². The molecular formula is C11H16N4O4. The van der Waals surface area contributed by atoms with Crippen molar-refractivity contribution >= 4 is 11.6 Å². The Morgan fingerprint density at radius 1 is 1.42 bits per heavy atom. The highest BCUT2D eigenvalue weighted by molar-refractivity contribution is 5.75. The van der Waals surface area contributed by atoms with Crippen LogP contribution >= 0.6 is 0 Å². The Labute approximate surface area is 109 Å². The van der Waals surface area contributed by atoms with Gasteiger partial charge in [-0.25, -0.2) is 0 Å². The number of nitro groups is 1. The Morgan fingerprint density at radius 3 is 2.79 bits per heavy atom. The van der Waals surface area contributed by atoms with Crippen molar-refractivity contribution in [3.63, 3.8) is 0 Å². The van der Waals surface area contributed by atoms with Crippen molar-refractivity contribution in [1.82, 2.24) is 15.2 Å². The molecule has 0 aliphatic rings. The van der Waals surface area contributed by atoms with Gasteiger partial charge in [-0.15, -0.1) is 0 Å². The van der Waals surface area contributed by atoms with Crippen LogP contribution < -0.4 is 16.2 Å². The molecule has 104 valence electrons. The van der Waals surface area contributed by atoms with Gasteiger partial charge in [0, 0.05) is 25.2 Å². The van der Waals surface area contributed by atoms with E-state index in [1.807, 2.05) is 6.92 Å². The van der Waals surface area contributed by atoms with Crippen molar-refractivity contribution in [2.45, 2.75) is 13.5 Å². The molecule has 0 aliphatic heterocycles.